The Bertz CT molecular complexity index is 1020. The van der Waals surface area contributed by atoms with Gasteiger partial charge in [0.05, 0.1) is 4.90 Å². The highest BCUT2D eigenvalue weighted by atomic mass is 32.2. The van der Waals surface area contributed by atoms with E-state index in [1.54, 1.807) is 17.0 Å². The van der Waals surface area contributed by atoms with Crippen molar-refractivity contribution in [1.29, 1.82) is 0 Å². The number of rotatable bonds is 4. The molecule has 28 heavy (non-hydrogen) atoms. The molecular weight excluding hydrogens is 372 g/mol. The van der Waals surface area contributed by atoms with Crippen molar-refractivity contribution in [2.24, 2.45) is 0 Å². The minimum Gasteiger partial charge on any atom is -0.312 e. The predicted octanol–water partition coefficient (Wildman–Crippen LogP) is 4.55. The Morgan fingerprint density at radius 3 is 2.11 bits per heavy atom. The smallest absolute Gasteiger partial charge is 0.262 e. The largest absolute Gasteiger partial charge is 0.312 e. The van der Waals surface area contributed by atoms with E-state index in [1.165, 1.54) is 0 Å². The fourth-order valence-electron chi connectivity index (χ4n) is 3.87. The fraction of sp³-hybridized carbons (Fsp3) is 0.409. The Labute approximate surface area is 167 Å². The molecule has 1 aliphatic rings. The SMILES string of the molecule is Cc1cc(NS(=O)(=O)c2c(C)c(C)cc(C)c2C)ccc1N1CCCCC1=O. The zero-order chi connectivity index (χ0) is 20.6. The van der Waals surface area contributed by atoms with Gasteiger partial charge in [-0.05, 0) is 93.5 Å². The van der Waals surface area contributed by atoms with Gasteiger partial charge in [-0.2, -0.15) is 0 Å². The number of sulfonamides is 1. The van der Waals surface area contributed by atoms with Crippen molar-refractivity contribution in [2.45, 2.75) is 58.8 Å². The maximum absolute atomic E-state index is 13.1. The Balaban J connectivity index is 1.94. The van der Waals surface area contributed by atoms with Crippen LogP contribution in [0, 0.1) is 34.6 Å². The van der Waals surface area contributed by atoms with Crippen LogP contribution < -0.4 is 9.62 Å². The van der Waals surface area contributed by atoms with Crippen LogP contribution in [0.1, 0.15) is 47.1 Å². The van der Waals surface area contributed by atoms with E-state index in [-0.39, 0.29) is 5.91 Å². The molecule has 0 spiro atoms. The molecule has 150 valence electrons. The summed E-state index contributed by atoms with van der Waals surface area (Å²) < 4.78 is 29.0. The molecule has 3 rings (SSSR count). The lowest BCUT2D eigenvalue weighted by Crippen LogP contribution is -2.35. The van der Waals surface area contributed by atoms with E-state index >= 15 is 0 Å². The first-order valence-electron chi connectivity index (χ1n) is 9.63. The Morgan fingerprint density at radius 1 is 0.893 bits per heavy atom. The summed E-state index contributed by atoms with van der Waals surface area (Å²) in [5.74, 6) is 0.129. The molecule has 1 fully saturated rings. The van der Waals surface area contributed by atoms with Crippen LogP contribution in [0.5, 0.6) is 0 Å². The van der Waals surface area contributed by atoms with Gasteiger partial charge in [0.2, 0.25) is 5.91 Å². The average molecular weight is 401 g/mol. The Morgan fingerprint density at radius 2 is 1.54 bits per heavy atom. The number of nitrogens with one attached hydrogen (secondary N) is 1. The molecule has 1 saturated heterocycles. The molecule has 0 radical (unpaired) electrons. The van der Waals surface area contributed by atoms with Gasteiger partial charge in [-0.25, -0.2) is 8.42 Å². The van der Waals surface area contributed by atoms with E-state index in [1.807, 2.05) is 46.8 Å². The minimum absolute atomic E-state index is 0.129. The first kappa shape index (κ1) is 20.4. The molecule has 5 nitrogen and oxygen atoms in total. The third-order valence-corrected chi connectivity index (χ3v) is 7.28. The van der Waals surface area contributed by atoms with Crippen molar-refractivity contribution in [1.82, 2.24) is 0 Å². The monoisotopic (exact) mass is 400 g/mol. The van der Waals surface area contributed by atoms with Gasteiger partial charge in [0.1, 0.15) is 0 Å². The van der Waals surface area contributed by atoms with Crippen molar-refractivity contribution < 1.29 is 13.2 Å². The second-order valence-electron chi connectivity index (χ2n) is 7.70. The number of hydrogen-bond acceptors (Lipinski definition) is 3. The molecule has 2 aromatic carbocycles. The standard InChI is InChI=1S/C22H28N2O3S/c1-14-12-15(2)18(5)22(17(14)4)28(26,27)23-19-9-10-20(16(3)13-19)24-11-7-6-8-21(24)25/h9-10,12-13,23H,6-8,11H2,1-5H3. The Kier molecular flexibility index (Phi) is 5.53. The lowest BCUT2D eigenvalue weighted by molar-refractivity contribution is -0.119. The third-order valence-electron chi connectivity index (χ3n) is 5.63. The molecule has 1 N–H and O–H groups in total. The highest BCUT2D eigenvalue weighted by Crippen LogP contribution is 2.30. The number of benzene rings is 2. The molecule has 1 heterocycles. The molecule has 0 aromatic heterocycles. The van der Waals surface area contributed by atoms with Gasteiger partial charge in [0, 0.05) is 24.3 Å². The van der Waals surface area contributed by atoms with Gasteiger partial charge in [0.15, 0.2) is 0 Å². The summed E-state index contributed by atoms with van der Waals surface area (Å²) in [5, 5.41) is 0. The van der Waals surface area contributed by atoms with Crippen molar-refractivity contribution >= 4 is 27.3 Å². The zero-order valence-corrected chi connectivity index (χ0v) is 18.0. The van der Waals surface area contributed by atoms with Crippen LogP contribution in [0.2, 0.25) is 0 Å². The van der Waals surface area contributed by atoms with E-state index in [2.05, 4.69) is 4.72 Å². The van der Waals surface area contributed by atoms with E-state index in [4.69, 9.17) is 0 Å². The van der Waals surface area contributed by atoms with E-state index < -0.39 is 10.0 Å². The summed E-state index contributed by atoms with van der Waals surface area (Å²) in [6.45, 7) is 10.2. The molecule has 0 atom stereocenters. The molecule has 2 aromatic rings. The average Bonchev–Trinajstić information content (AvgIpc) is 2.61. The number of piperidine rings is 1. The highest BCUT2D eigenvalue weighted by molar-refractivity contribution is 7.92. The topological polar surface area (TPSA) is 66.5 Å². The minimum atomic E-state index is -3.72. The number of anilines is 2. The van der Waals surface area contributed by atoms with Crippen molar-refractivity contribution in [3.8, 4) is 0 Å². The van der Waals surface area contributed by atoms with Gasteiger partial charge in [-0.1, -0.05) is 6.07 Å². The first-order valence-corrected chi connectivity index (χ1v) is 11.1. The molecule has 0 bridgehead atoms. The summed E-state index contributed by atoms with van der Waals surface area (Å²) in [4.78, 5) is 14.3. The number of aryl methyl sites for hydroxylation is 3. The van der Waals surface area contributed by atoms with Crippen LogP contribution in [0.25, 0.3) is 0 Å². The summed E-state index contributed by atoms with van der Waals surface area (Å²) in [6, 6.07) is 7.37. The van der Waals surface area contributed by atoms with E-state index in [9.17, 15) is 13.2 Å². The van der Waals surface area contributed by atoms with Crippen LogP contribution >= 0.6 is 0 Å². The summed E-state index contributed by atoms with van der Waals surface area (Å²) >= 11 is 0. The van der Waals surface area contributed by atoms with Gasteiger partial charge in [-0.3, -0.25) is 9.52 Å². The normalized spacial score (nSPS) is 15.0. The van der Waals surface area contributed by atoms with Crippen LogP contribution in [-0.4, -0.2) is 20.9 Å². The van der Waals surface area contributed by atoms with Gasteiger partial charge < -0.3 is 4.90 Å². The van der Waals surface area contributed by atoms with Crippen LogP contribution in [-0.2, 0) is 14.8 Å². The lowest BCUT2D eigenvalue weighted by atomic mass is 10.0. The second-order valence-corrected chi connectivity index (χ2v) is 9.32. The number of carbonyl (C=O) groups is 1. The highest BCUT2D eigenvalue weighted by Gasteiger charge is 2.24. The summed E-state index contributed by atoms with van der Waals surface area (Å²) in [6.07, 6.45) is 2.49. The molecule has 1 aliphatic heterocycles. The fourth-order valence-corrected chi connectivity index (χ4v) is 5.54. The van der Waals surface area contributed by atoms with Crippen molar-refractivity contribution in [3.63, 3.8) is 0 Å². The van der Waals surface area contributed by atoms with Crippen LogP contribution in [0.15, 0.2) is 29.2 Å². The number of hydrogen-bond donors (Lipinski definition) is 1. The molecule has 0 aliphatic carbocycles. The number of amides is 1. The zero-order valence-electron chi connectivity index (χ0n) is 17.2. The predicted molar refractivity (Wildman–Crippen MR) is 114 cm³/mol. The van der Waals surface area contributed by atoms with E-state index in [0.29, 0.717) is 23.5 Å². The van der Waals surface area contributed by atoms with Crippen molar-refractivity contribution in [2.75, 3.05) is 16.2 Å². The summed E-state index contributed by atoms with van der Waals surface area (Å²) in [5.41, 5.74) is 5.68. The van der Waals surface area contributed by atoms with Gasteiger partial charge in [0.25, 0.3) is 10.0 Å². The number of carbonyl (C=O) groups excluding carboxylic acids is 1. The van der Waals surface area contributed by atoms with Crippen LogP contribution in [0.4, 0.5) is 11.4 Å². The summed E-state index contributed by atoms with van der Waals surface area (Å²) in [7, 11) is -3.72. The van der Waals surface area contributed by atoms with Crippen molar-refractivity contribution in [3.05, 3.63) is 52.1 Å². The maximum atomic E-state index is 13.1. The van der Waals surface area contributed by atoms with Gasteiger partial charge in [-0.15, -0.1) is 0 Å². The lowest BCUT2D eigenvalue weighted by Gasteiger charge is -2.28. The molecular formula is C22H28N2O3S. The third kappa shape index (κ3) is 3.78. The maximum Gasteiger partial charge on any atom is 0.262 e. The Hall–Kier alpha value is -2.34. The number of nitrogens with zero attached hydrogens (tertiary/aromatic N) is 1. The molecule has 0 saturated carbocycles. The van der Waals surface area contributed by atoms with Crippen LogP contribution in [0.3, 0.4) is 0 Å². The molecule has 0 unspecified atom stereocenters. The molecule has 6 heteroatoms. The quantitative estimate of drug-likeness (QED) is 0.819. The van der Waals surface area contributed by atoms with E-state index in [0.717, 1.165) is 46.3 Å². The molecule has 1 amide bonds. The van der Waals surface area contributed by atoms with Gasteiger partial charge >= 0.3 is 0 Å². The first-order chi connectivity index (χ1) is 13.1. The second kappa shape index (κ2) is 7.59.